The van der Waals surface area contributed by atoms with E-state index in [-0.39, 0.29) is 5.54 Å². The minimum Gasteiger partial charge on any atom is -0.379 e. The molecule has 0 aliphatic carbocycles. The molecule has 0 aliphatic heterocycles. The molecule has 0 aliphatic rings. The van der Waals surface area contributed by atoms with Crippen molar-refractivity contribution in [2.45, 2.75) is 59.2 Å². The summed E-state index contributed by atoms with van der Waals surface area (Å²) in [5.74, 6) is 0. The van der Waals surface area contributed by atoms with Crippen LogP contribution in [-0.2, 0) is 22.6 Å². The third kappa shape index (κ3) is 8.64. The first-order valence-electron chi connectivity index (χ1n) is 7.35. The van der Waals surface area contributed by atoms with Crippen molar-refractivity contribution in [2.24, 2.45) is 0 Å². The zero-order valence-corrected chi connectivity index (χ0v) is 14.0. The molecule has 20 heavy (non-hydrogen) atoms. The highest BCUT2D eigenvalue weighted by Crippen LogP contribution is 2.12. The predicted molar refractivity (Wildman–Crippen MR) is 84.1 cm³/mol. The number of hydrogen-bond donors (Lipinski definition) is 1. The number of rotatable bonds is 10. The van der Waals surface area contributed by atoms with Crippen LogP contribution < -0.4 is 5.32 Å². The van der Waals surface area contributed by atoms with Crippen LogP contribution in [0, 0.1) is 0 Å². The first-order valence-corrected chi connectivity index (χ1v) is 8.23. The fraction of sp³-hybridized carbons (Fsp3) is 0.800. The molecule has 5 heteroatoms. The third-order valence-electron chi connectivity index (χ3n) is 2.63. The highest BCUT2D eigenvalue weighted by atomic mass is 32.1. The predicted octanol–water partition coefficient (Wildman–Crippen LogP) is 3.36. The van der Waals surface area contributed by atoms with Crippen molar-refractivity contribution in [1.29, 1.82) is 0 Å². The molecule has 1 aromatic rings. The third-order valence-corrected chi connectivity index (χ3v) is 3.53. The van der Waals surface area contributed by atoms with Crippen LogP contribution in [0.2, 0.25) is 0 Å². The van der Waals surface area contributed by atoms with E-state index >= 15 is 0 Å². The number of ether oxygens (including phenoxy) is 2. The summed E-state index contributed by atoms with van der Waals surface area (Å²) in [7, 11) is 0. The molecular formula is C15H28N2O2S. The van der Waals surface area contributed by atoms with Crippen molar-refractivity contribution in [3.8, 4) is 0 Å². The van der Waals surface area contributed by atoms with Gasteiger partial charge in [0.1, 0.15) is 5.01 Å². The second kappa shape index (κ2) is 9.45. The van der Waals surface area contributed by atoms with E-state index < -0.39 is 0 Å². The number of thiazole rings is 1. The molecule has 0 spiro atoms. The highest BCUT2D eigenvalue weighted by Gasteiger charge is 2.10. The minimum atomic E-state index is 0.123. The van der Waals surface area contributed by atoms with Gasteiger partial charge in [0, 0.05) is 24.1 Å². The van der Waals surface area contributed by atoms with E-state index in [1.54, 1.807) is 11.3 Å². The number of aromatic nitrogens is 1. The molecule has 116 valence electrons. The van der Waals surface area contributed by atoms with Crippen molar-refractivity contribution in [2.75, 3.05) is 19.8 Å². The molecule has 0 atom stereocenters. The first-order chi connectivity index (χ1) is 9.51. The van der Waals surface area contributed by atoms with Gasteiger partial charge in [0.2, 0.25) is 0 Å². The summed E-state index contributed by atoms with van der Waals surface area (Å²) in [6.07, 6.45) is 2.29. The van der Waals surface area contributed by atoms with Gasteiger partial charge in [-0.15, -0.1) is 11.3 Å². The maximum absolute atomic E-state index is 5.56. The van der Waals surface area contributed by atoms with E-state index in [1.165, 1.54) is 6.42 Å². The lowest BCUT2D eigenvalue weighted by molar-refractivity contribution is 0.0387. The molecule has 0 amide bonds. The SMILES string of the molecule is CCCCOCCOCc1csc(CNC(C)(C)C)n1. The molecule has 1 aromatic heterocycles. The van der Waals surface area contributed by atoms with E-state index in [2.05, 4.69) is 43.4 Å². The van der Waals surface area contributed by atoms with Crippen LogP contribution in [0.3, 0.4) is 0 Å². The van der Waals surface area contributed by atoms with Crippen LogP contribution >= 0.6 is 11.3 Å². The minimum absolute atomic E-state index is 0.123. The van der Waals surface area contributed by atoms with Gasteiger partial charge in [-0.3, -0.25) is 0 Å². The summed E-state index contributed by atoms with van der Waals surface area (Å²) in [6.45, 7) is 12.2. The summed E-state index contributed by atoms with van der Waals surface area (Å²) < 4.78 is 11.0. The van der Waals surface area contributed by atoms with Crippen molar-refractivity contribution < 1.29 is 9.47 Å². The van der Waals surface area contributed by atoms with Gasteiger partial charge < -0.3 is 14.8 Å². The van der Waals surface area contributed by atoms with E-state index in [9.17, 15) is 0 Å². The molecule has 0 unspecified atom stereocenters. The number of nitrogens with one attached hydrogen (secondary N) is 1. The fourth-order valence-corrected chi connectivity index (χ4v) is 2.20. The van der Waals surface area contributed by atoms with Crippen LogP contribution in [0.25, 0.3) is 0 Å². The van der Waals surface area contributed by atoms with Gasteiger partial charge in [0.05, 0.1) is 25.5 Å². The lowest BCUT2D eigenvalue weighted by Gasteiger charge is -2.19. The second-order valence-corrected chi connectivity index (χ2v) is 6.80. The van der Waals surface area contributed by atoms with Gasteiger partial charge in [-0.05, 0) is 27.2 Å². The van der Waals surface area contributed by atoms with Gasteiger partial charge in [0.25, 0.3) is 0 Å². The van der Waals surface area contributed by atoms with Crippen LogP contribution in [0.4, 0.5) is 0 Å². The molecule has 4 nitrogen and oxygen atoms in total. The van der Waals surface area contributed by atoms with Crippen LogP contribution in [-0.4, -0.2) is 30.3 Å². The smallest absolute Gasteiger partial charge is 0.107 e. The Labute approximate surface area is 126 Å². The van der Waals surface area contributed by atoms with Crippen molar-refractivity contribution in [3.05, 3.63) is 16.1 Å². The van der Waals surface area contributed by atoms with Gasteiger partial charge in [-0.25, -0.2) is 4.98 Å². The largest absolute Gasteiger partial charge is 0.379 e. The Morgan fingerprint density at radius 3 is 2.65 bits per heavy atom. The maximum atomic E-state index is 5.56. The standard InChI is InChI=1S/C15H28N2O2S/c1-5-6-7-18-8-9-19-11-13-12-20-14(17-13)10-16-15(2,3)4/h12,16H,5-11H2,1-4H3. The average Bonchev–Trinajstić information content (AvgIpc) is 2.82. The Hall–Kier alpha value is -0.490. The summed E-state index contributed by atoms with van der Waals surface area (Å²) in [4.78, 5) is 4.55. The Morgan fingerprint density at radius 2 is 1.95 bits per heavy atom. The van der Waals surface area contributed by atoms with Gasteiger partial charge in [0.15, 0.2) is 0 Å². The van der Waals surface area contributed by atoms with Crippen LogP contribution in [0.1, 0.15) is 51.2 Å². The van der Waals surface area contributed by atoms with E-state index in [1.807, 2.05) is 0 Å². The number of hydrogen-bond acceptors (Lipinski definition) is 5. The number of nitrogens with zero attached hydrogens (tertiary/aromatic N) is 1. The molecule has 0 saturated heterocycles. The second-order valence-electron chi connectivity index (χ2n) is 5.85. The molecule has 1 rings (SSSR count). The molecule has 1 heterocycles. The molecule has 0 saturated carbocycles. The summed E-state index contributed by atoms with van der Waals surface area (Å²) >= 11 is 1.68. The molecule has 0 radical (unpaired) electrons. The number of unbranched alkanes of at least 4 members (excludes halogenated alkanes) is 1. The van der Waals surface area contributed by atoms with Crippen molar-refractivity contribution >= 4 is 11.3 Å². The normalized spacial score (nSPS) is 12.0. The Morgan fingerprint density at radius 1 is 1.20 bits per heavy atom. The van der Waals surface area contributed by atoms with E-state index in [0.29, 0.717) is 19.8 Å². The average molecular weight is 300 g/mol. The first kappa shape index (κ1) is 17.6. The van der Waals surface area contributed by atoms with Gasteiger partial charge in [-0.2, -0.15) is 0 Å². The lowest BCUT2D eigenvalue weighted by Crippen LogP contribution is -2.35. The molecule has 0 bridgehead atoms. The molecular weight excluding hydrogens is 272 g/mol. The summed E-state index contributed by atoms with van der Waals surface area (Å²) in [5, 5.41) is 6.61. The molecule has 0 fully saturated rings. The topological polar surface area (TPSA) is 43.4 Å². The van der Waals surface area contributed by atoms with Crippen LogP contribution in [0.5, 0.6) is 0 Å². The molecule has 0 aromatic carbocycles. The Bertz CT molecular complexity index is 361. The highest BCUT2D eigenvalue weighted by molar-refractivity contribution is 7.09. The monoisotopic (exact) mass is 300 g/mol. The fourth-order valence-electron chi connectivity index (χ4n) is 1.48. The summed E-state index contributed by atoms with van der Waals surface area (Å²) in [5.41, 5.74) is 1.13. The Kier molecular flexibility index (Phi) is 8.30. The quantitative estimate of drug-likeness (QED) is 0.673. The zero-order chi connectivity index (χ0) is 14.8. The van der Waals surface area contributed by atoms with Gasteiger partial charge >= 0.3 is 0 Å². The van der Waals surface area contributed by atoms with Crippen molar-refractivity contribution in [3.63, 3.8) is 0 Å². The van der Waals surface area contributed by atoms with E-state index in [0.717, 1.165) is 30.3 Å². The zero-order valence-electron chi connectivity index (χ0n) is 13.2. The van der Waals surface area contributed by atoms with Crippen LogP contribution in [0.15, 0.2) is 5.38 Å². The lowest BCUT2D eigenvalue weighted by atomic mass is 10.1. The van der Waals surface area contributed by atoms with Gasteiger partial charge in [-0.1, -0.05) is 13.3 Å². The Balaban J connectivity index is 2.11. The summed E-state index contributed by atoms with van der Waals surface area (Å²) in [6, 6.07) is 0. The van der Waals surface area contributed by atoms with Crippen molar-refractivity contribution in [1.82, 2.24) is 10.3 Å². The van der Waals surface area contributed by atoms with E-state index in [4.69, 9.17) is 9.47 Å². The molecule has 1 N–H and O–H groups in total. The maximum Gasteiger partial charge on any atom is 0.107 e.